The first-order chi connectivity index (χ1) is 35.6. The molecule has 9 aromatic rings. The van der Waals surface area contributed by atoms with Gasteiger partial charge in [0.1, 0.15) is 0 Å². The summed E-state index contributed by atoms with van der Waals surface area (Å²) in [6.45, 7) is 30.8. The standard InChI is InChI=1S/C72H69BN2/c1-68(2,3)46-32-38-61-59(40-46)73-60-41-47(69(4,5)6)33-39-62(60)75(50-36-30-45(31-37-50)52-23-19-25-56-54-21-15-17-27-58(54)72(12,13)66(52)56)64-43-48(70(7,8)9)42-63(67(64)73)74(61)49-34-28-44(29-35-49)51-22-18-24-55-53-20-14-16-26-57(53)71(10,11)65(51)55/h14-43H,1-13H3. The number of hydrogen-bond acceptors (Lipinski definition) is 2. The van der Waals surface area contributed by atoms with E-state index in [1.807, 2.05) is 0 Å². The van der Waals surface area contributed by atoms with Gasteiger partial charge in [0.25, 0.3) is 6.71 Å². The molecule has 13 rings (SSSR count). The molecule has 0 unspecified atom stereocenters. The average Bonchev–Trinajstić information content (AvgIpc) is 3.80. The van der Waals surface area contributed by atoms with E-state index in [9.17, 15) is 0 Å². The first-order valence-corrected chi connectivity index (χ1v) is 27.4. The van der Waals surface area contributed by atoms with E-state index in [0.29, 0.717) is 0 Å². The average molecular weight is 973 g/mol. The van der Waals surface area contributed by atoms with Gasteiger partial charge in [-0.25, -0.2) is 0 Å². The van der Waals surface area contributed by atoms with E-state index >= 15 is 0 Å². The molecule has 3 heteroatoms. The molecule has 0 N–H and O–H groups in total. The molecule has 0 spiro atoms. The van der Waals surface area contributed by atoms with E-state index in [1.165, 1.54) is 123 Å². The highest BCUT2D eigenvalue weighted by Crippen LogP contribution is 2.55. The van der Waals surface area contributed by atoms with Gasteiger partial charge in [0.15, 0.2) is 0 Å². The summed E-state index contributed by atoms with van der Waals surface area (Å²) in [7, 11) is 0. The second-order valence-corrected chi connectivity index (χ2v) is 26.2. The third-order valence-corrected chi connectivity index (χ3v) is 17.7. The Balaban J connectivity index is 1.02. The van der Waals surface area contributed by atoms with Crippen LogP contribution < -0.4 is 26.2 Å². The highest BCUT2D eigenvalue weighted by molar-refractivity contribution is 7.00. The molecule has 370 valence electrons. The van der Waals surface area contributed by atoms with Crippen LogP contribution >= 0.6 is 0 Å². The van der Waals surface area contributed by atoms with Gasteiger partial charge in [0, 0.05) is 45.0 Å². The van der Waals surface area contributed by atoms with Gasteiger partial charge in [-0.15, -0.1) is 0 Å². The van der Waals surface area contributed by atoms with Crippen LogP contribution in [0.4, 0.5) is 34.1 Å². The van der Waals surface area contributed by atoms with Crippen molar-refractivity contribution >= 4 is 57.2 Å². The molecule has 2 nitrogen and oxygen atoms in total. The van der Waals surface area contributed by atoms with Crippen LogP contribution in [0.3, 0.4) is 0 Å². The Labute approximate surface area is 447 Å². The Morgan fingerprint density at radius 3 is 1.08 bits per heavy atom. The smallest absolute Gasteiger partial charge is 0.252 e. The summed E-state index contributed by atoms with van der Waals surface area (Å²) in [5.41, 5.74) is 31.1. The summed E-state index contributed by atoms with van der Waals surface area (Å²) in [6.07, 6.45) is 0. The summed E-state index contributed by atoms with van der Waals surface area (Å²) >= 11 is 0. The van der Waals surface area contributed by atoms with Gasteiger partial charge in [-0.05, 0) is 165 Å². The van der Waals surface area contributed by atoms with Crippen molar-refractivity contribution in [2.45, 2.75) is 117 Å². The van der Waals surface area contributed by atoms with Crippen LogP contribution in [0, 0.1) is 0 Å². The Hall–Kier alpha value is -7.36. The van der Waals surface area contributed by atoms with Crippen molar-refractivity contribution in [3.05, 3.63) is 221 Å². The highest BCUT2D eigenvalue weighted by Gasteiger charge is 2.46. The largest absolute Gasteiger partial charge is 0.311 e. The minimum Gasteiger partial charge on any atom is -0.311 e. The zero-order chi connectivity index (χ0) is 52.3. The van der Waals surface area contributed by atoms with E-state index < -0.39 is 0 Å². The molecule has 75 heavy (non-hydrogen) atoms. The lowest BCUT2D eigenvalue weighted by molar-refractivity contribution is 0.590. The van der Waals surface area contributed by atoms with Gasteiger partial charge in [-0.2, -0.15) is 0 Å². The van der Waals surface area contributed by atoms with E-state index in [2.05, 4.69) is 282 Å². The topological polar surface area (TPSA) is 6.48 Å². The van der Waals surface area contributed by atoms with Crippen molar-refractivity contribution in [2.75, 3.05) is 9.80 Å². The third kappa shape index (κ3) is 7.06. The quantitative estimate of drug-likeness (QED) is 0.162. The SMILES string of the molecule is CC(C)(C)c1ccc2c(c1)B1c3cc(C(C)(C)C)ccc3N(c3ccc(-c4cccc5c4C(C)(C)c4ccccc4-5)cc3)c3cc(C(C)(C)C)cc(c31)N2c1ccc(-c2cccc3c2C(C)(C)c2ccccc2-3)cc1. The molecular formula is C72H69BN2. The van der Waals surface area contributed by atoms with Crippen molar-refractivity contribution in [1.29, 1.82) is 0 Å². The van der Waals surface area contributed by atoms with Crippen LogP contribution in [-0.2, 0) is 27.1 Å². The van der Waals surface area contributed by atoms with Gasteiger partial charge in [-0.1, -0.05) is 223 Å². The van der Waals surface area contributed by atoms with Crippen molar-refractivity contribution < 1.29 is 0 Å². The maximum atomic E-state index is 2.60. The maximum Gasteiger partial charge on any atom is 0.252 e. The summed E-state index contributed by atoms with van der Waals surface area (Å²) < 4.78 is 0. The monoisotopic (exact) mass is 973 g/mol. The zero-order valence-electron chi connectivity index (χ0n) is 46.3. The fourth-order valence-electron chi connectivity index (χ4n) is 13.7. The van der Waals surface area contributed by atoms with E-state index in [1.54, 1.807) is 0 Å². The molecule has 9 aromatic carbocycles. The molecule has 4 aliphatic rings. The van der Waals surface area contributed by atoms with Gasteiger partial charge >= 0.3 is 0 Å². The minimum atomic E-state index is -0.130. The van der Waals surface area contributed by atoms with Crippen molar-refractivity contribution in [3.63, 3.8) is 0 Å². The number of nitrogens with zero attached hydrogens (tertiary/aromatic N) is 2. The Morgan fingerprint density at radius 2 is 0.693 bits per heavy atom. The second-order valence-electron chi connectivity index (χ2n) is 26.2. The fraction of sp³-hybridized carbons (Fsp3) is 0.250. The lowest BCUT2D eigenvalue weighted by Gasteiger charge is -2.45. The number of hydrogen-bond donors (Lipinski definition) is 0. The summed E-state index contributed by atoms with van der Waals surface area (Å²) in [5.74, 6) is 0. The minimum absolute atomic E-state index is 0.0104. The molecule has 2 aliphatic heterocycles. The number of benzene rings is 9. The summed E-state index contributed by atoms with van der Waals surface area (Å²) in [5, 5.41) is 0. The van der Waals surface area contributed by atoms with Crippen LogP contribution in [0.5, 0.6) is 0 Å². The van der Waals surface area contributed by atoms with Crippen molar-refractivity contribution in [2.24, 2.45) is 0 Å². The Morgan fingerprint density at radius 1 is 0.333 bits per heavy atom. The van der Waals surface area contributed by atoms with Crippen molar-refractivity contribution in [1.82, 2.24) is 0 Å². The molecule has 2 heterocycles. The molecule has 2 aliphatic carbocycles. The molecule has 0 saturated heterocycles. The number of anilines is 6. The summed E-state index contributed by atoms with van der Waals surface area (Å²) in [6, 6.07) is 70.5. The first kappa shape index (κ1) is 47.4. The van der Waals surface area contributed by atoms with E-state index in [0.717, 1.165) is 11.4 Å². The highest BCUT2D eigenvalue weighted by atomic mass is 15.2. The van der Waals surface area contributed by atoms with Crippen molar-refractivity contribution in [3.8, 4) is 44.5 Å². The molecular weight excluding hydrogens is 904 g/mol. The molecule has 0 saturated carbocycles. The van der Waals surface area contributed by atoms with Gasteiger partial charge in [0.2, 0.25) is 0 Å². The molecule has 0 atom stereocenters. The molecule has 0 fully saturated rings. The predicted octanol–water partition coefficient (Wildman–Crippen LogP) is 17.6. The zero-order valence-corrected chi connectivity index (χ0v) is 46.3. The molecule has 0 amide bonds. The maximum absolute atomic E-state index is 2.60. The lowest BCUT2D eigenvalue weighted by atomic mass is 9.33. The van der Waals surface area contributed by atoms with Gasteiger partial charge in [-0.3, -0.25) is 0 Å². The fourth-order valence-corrected chi connectivity index (χ4v) is 13.7. The van der Waals surface area contributed by atoms with E-state index in [-0.39, 0.29) is 33.8 Å². The Bertz CT molecular complexity index is 3590. The summed E-state index contributed by atoms with van der Waals surface area (Å²) in [4.78, 5) is 5.20. The Kier molecular flexibility index (Phi) is 10.2. The van der Waals surface area contributed by atoms with Crippen LogP contribution in [0.1, 0.15) is 129 Å². The third-order valence-electron chi connectivity index (χ3n) is 17.7. The predicted molar refractivity (Wildman–Crippen MR) is 323 cm³/mol. The van der Waals surface area contributed by atoms with Gasteiger partial charge in [0.05, 0.1) is 0 Å². The normalized spacial score (nSPS) is 15.4. The second kappa shape index (κ2) is 16.1. The molecule has 0 bridgehead atoms. The first-order valence-electron chi connectivity index (χ1n) is 27.4. The lowest BCUT2D eigenvalue weighted by Crippen LogP contribution is -2.61. The molecule has 0 aromatic heterocycles. The van der Waals surface area contributed by atoms with Crippen LogP contribution in [0.15, 0.2) is 182 Å². The van der Waals surface area contributed by atoms with Crippen LogP contribution in [0.2, 0.25) is 0 Å². The molecule has 0 radical (unpaired) electrons. The number of fused-ring (bicyclic) bond motifs is 10. The van der Waals surface area contributed by atoms with Gasteiger partial charge < -0.3 is 9.80 Å². The van der Waals surface area contributed by atoms with Crippen LogP contribution in [0.25, 0.3) is 44.5 Å². The van der Waals surface area contributed by atoms with E-state index in [4.69, 9.17) is 0 Å². The number of rotatable bonds is 4. The van der Waals surface area contributed by atoms with Crippen LogP contribution in [-0.4, -0.2) is 6.71 Å².